The first-order chi connectivity index (χ1) is 12.1. The normalized spacial score (nSPS) is 19.5. The van der Waals surface area contributed by atoms with Crippen LogP contribution in [0.25, 0.3) is 5.69 Å². The number of aromatic nitrogens is 2. The Morgan fingerprint density at radius 3 is 2.62 bits per heavy atom. The van der Waals surface area contributed by atoms with Crippen molar-refractivity contribution < 1.29 is 26.4 Å². The minimum absolute atomic E-state index is 0.00908. The molecule has 1 fully saturated rings. The lowest BCUT2D eigenvalue weighted by Gasteiger charge is -2.14. The van der Waals surface area contributed by atoms with Gasteiger partial charge in [0.1, 0.15) is 0 Å². The third-order valence-corrected chi connectivity index (χ3v) is 6.03. The molecular weight excluding hydrogens is 371 g/mol. The van der Waals surface area contributed by atoms with Crippen molar-refractivity contribution in [1.82, 2.24) is 15.1 Å². The molecule has 2 aromatic rings. The van der Waals surface area contributed by atoms with E-state index in [9.17, 15) is 26.4 Å². The van der Waals surface area contributed by atoms with Gasteiger partial charge in [0.15, 0.2) is 9.84 Å². The molecule has 1 N–H and O–H groups in total. The first-order valence-electron chi connectivity index (χ1n) is 7.81. The number of nitrogens with zero attached hydrogens (tertiary/aromatic N) is 2. The molecule has 2 heterocycles. The molecule has 0 saturated carbocycles. The second kappa shape index (κ2) is 6.42. The van der Waals surface area contributed by atoms with E-state index in [-0.39, 0.29) is 28.5 Å². The number of benzene rings is 1. The van der Waals surface area contributed by atoms with Gasteiger partial charge in [0.05, 0.1) is 40.2 Å². The number of hydrogen-bond donors (Lipinski definition) is 1. The van der Waals surface area contributed by atoms with Gasteiger partial charge < -0.3 is 5.32 Å². The molecule has 1 aliphatic heterocycles. The van der Waals surface area contributed by atoms with E-state index in [4.69, 9.17) is 0 Å². The van der Waals surface area contributed by atoms with Crippen LogP contribution in [0.3, 0.4) is 0 Å². The van der Waals surface area contributed by atoms with E-state index in [1.165, 1.54) is 31.3 Å². The second-order valence-corrected chi connectivity index (χ2v) is 8.37. The molecule has 1 aromatic carbocycles. The summed E-state index contributed by atoms with van der Waals surface area (Å²) in [5, 5.41) is 6.53. The fourth-order valence-corrected chi connectivity index (χ4v) is 4.62. The third kappa shape index (κ3) is 3.59. The lowest BCUT2D eigenvalue weighted by Crippen LogP contribution is -2.35. The second-order valence-electron chi connectivity index (χ2n) is 6.14. The minimum Gasteiger partial charge on any atom is -0.348 e. The summed E-state index contributed by atoms with van der Waals surface area (Å²) in [6.07, 6.45) is -3.06. The summed E-state index contributed by atoms with van der Waals surface area (Å²) >= 11 is 0. The van der Waals surface area contributed by atoms with Crippen LogP contribution >= 0.6 is 0 Å². The van der Waals surface area contributed by atoms with Crippen LogP contribution in [0.4, 0.5) is 13.2 Å². The Bertz CT molecular complexity index is 951. The maximum atomic E-state index is 13.2. The molecule has 0 radical (unpaired) electrons. The highest BCUT2D eigenvalue weighted by Crippen LogP contribution is 2.34. The molecule has 0 unspecified atom stereocenters. The highest BCUT2D eigenvalue weighted by molar-refractivity contribution is 7.91. The topological polar surface area (TPSA) is 81.1 Å². The smallest absolute Gasteiger partial charge is 0.348 e. The van der Waals surface area contributed by atoms with Crippen molar-refractivity contribution in [2.24, 2.45) is 0 Å². The van der Waals surface area contributed by atoms with Crippen molar-refractivity contribution in [1.29, 1.82) is 0 Å². The molecule has 1 aromatic heterocycles. The Morgan fingerprint density at radius 1 is 1.31 bits per heavy atom. The zero-order chi connectivity index (χ0) is 19.1. The van der Waals surface area contributed by atoms with Gasteiger partial charge in [0.25, 0.3) is 5.91 Å². The number of sulfone groups is 1. The van der Waals surface area contributed by atoms with Gasteiger partial charge >= 0.3 is 6.18 Å². The predicted octanol–water partition coefficient (Wildman–Crippen LogP) is 2.12. The number of nitrogens with one attached hydrogen (secondary N) is 1. The number of hydrogen-bond acceptors (Lipinski definition) is 4. The van der Waals surface area contributed by atoms with Gasteiger partial charge in [-0.15, -0.1) is 0 Å². The Morgan fingerprint density at radius 2 is 2.00 bits per heavy atom. The highest BCUT2D eigenvalue weighted by Gasteiger charge is 2.35. The van der Waals surface area contributed by atoms with Gasteiger partial charge in [0, 0.05) is 6.04 Å². The first-order valence-corrected chi connectivity index (χ1v) is 9.63. The Balaban J connectivity index is 1.89. The predicted molar refractivity (Wildman–Crippen MR) is 87.8 cm³/mol. The molecule has 1 saturated heterocycles. The number of alkyl halides is 3. The number of rotatable bonds is 3. The van der Waals surface area contributed by atoms with Crippen LogP contribution in [-0.2, 0) is 16.0 Å². The van der Waals surface area contributed by atoms with Gasteiger partial charge in [-0.2, -0.15) is 18.3 Å². The minimum atomic E-state index is -4.56. The van der Waals surface area contributed by atoms with Crippen molar-refractivity contribution in [2.45, 2.75) is 25.6 Å². The van der Waals surface area contributed by atoms with Crippen LogP contribution in [0.15, 0.2) is 30.5 Å². The third-order valence-electron chi connectivity index (χ3n) is 4.26. The Kier molecular flexibility index (Phi) is 4.55. The van der Waals surface area contributed by atoms with Crippen molar-refractivity contribution in [3.05, 3.63) is 47.3 Å². The number of carbonyl (C=O) groups excluding carboxylic acids is 1. The lowest BCUT2D eigenvalue weighted by molar-refractivity contribution is -0.137. The molecule has 0 aliphatic carbocycles. The van der Waals surface area contributed by atoms with E-state index in [1.54, 1.807) is 0 Å². The van der Waals surface area contributed by atoms with E-state index in [1.807, 2.05) is 0 Å². The van der Waals surface area contributed by atoms with Gasteiger partial charge in [-0.25, -0.2) is 13.1 Å². The van der Waals surface area contributed by atoms with Gasteiger partial charge in [-0.1, -0.05) is 12.1 Å². The maximum Gasteiger partial charge on any atom is 0.418 e. The van der Waals surface area contributed by atoms with Crippen LogP contribution in [0.2, 0.25) is 0 Å². The Labute approximate surface area is 147 Å². The van der Waals surface area contributed by atoms with Crippen molar-refractivity contribution in [2.75, 3.05) is 11.5 Å². The van der Waals surface area contributed by atoms with Gasteiger partial charge in [-0.3, -0.25) is 4.79 Å². The van der Waals surface area contributed by atoms with Crippen LogP contribution in [0.1, 0.15) is 28.0 Å². The average Bonchev–Trinajstić information content (AvgIpc) is 3.08. The standard InChI is InChI=1S/C16H16F3N3O3S/c1-10-12(15(23)21-11-6-7-26(24,25)9-11)8-20-22(10)14-5-3-2-4-13(14)16(17,18)19/h2-5,8,11H,6-7,9H2,1H3,(H,21,23)/t11-/m1/s1. The molecule has 6 nitrogen and oxygen atoms in total. The first kappa shape index (κ1) is 18.4. The number of halogens is 3. The molecule has 1 aliphatic rings. The van der Waals surface area contributed by atoms with Crippen molar-refractivity contribution >= 4 is 15.7 Å². The molecule has 0 spiro atoms. The van der Waals surface area contributed by atoms with Crippen LogP contribution < -0.4 is 5.32 Å². The molecule has 26 heavy (non-hydrogen) atoms. The molecule has 140 valence electrons. The van der Waals surface area contributed by atoms with E-state index in [2.05, 4.69) is 10.4 Å². The fraction of sp³-hybridized carbons (Fsp3) is 0.375. The summed E-state index contributed by atoms with van der Waals surface area (Å²) in [5.74, 6) is -0.682. The zero-order valence-corrected chi connectivity index (χ0v) is 14.6. The molecule has 0 bridgehead atoms. The van der Waals surface area contributed by atoms with Crippen LogP contribution in [0, 0.1) is 6.92 Å². The van der Waals surface area contributed by atoms with Crippen molar-refractivity contribution in [3.8, 4) is 5.69 Å². The summed E-state index contributed by atoms with van der Waals surface area (Å²) in [4.78, 5) is 12.4. The number of para-hydroxylation sites is 1. The highest BCUT2D eigenvalue weighted by atomic mass is 32.2. The van der Waals surface area contributed by atoms with Crippen molar-refractivity contribution in [3.63, 3.8) is 0 Å². The summed E-state index contributed by atoms with van der Waals surface area (Å²) in [6.45, 7) is 1.49. The lowest BCUT2D eigenvalue weighted by atomic mass is 10.1. The largest absolute Gasteiger partial charge is 0.418 e. The molecule has 1 atom stereocenters. The van der Waals surface area contributed by atoms with E-state index < -0.39 is 33.5 Å². The number of carbonyl (C=O) groups is 1. The van der Waals surface area contributed by atoms with Gasteiger partial charge in [-0.05, 0) is 25.5 Å². The monoisotopic (exact) mass is 387 g/mol. The van der Waals surface area contributed by atoms with E-state index in [0.29, 0.717) is 6.42 Å². The summed E-state index contributed by atoms with van der Waals surface area (Å²) in [6, 6.07) is 4.44. The van der Waals surface area contributed by atoms with E-state index >= 15 is 0 Å². The molecule has 10 heteroatoms. The summed E-state index contributed by atoms with van der Waals surface area (Å²) < 4.78 is 63.6. The Hall–Kier alpha value is -2.36. The van der Waals surface area contributed by atoms with Crippen LogP contribution in [0.5, 0.6) is 0 Å². The SMILES string of the molecule is Cc1c(C(=O)N[C@@H]2CCS(=O)(=O)C2)cnn1-c1ccccc1C(F)(F)F. The molecular formula is C16H16F3N3O3S. The summed E-state index contributed by atoms with van der Waals surface area (Å²) in [5.41, 5.74) is -0.702. The average molecular weight is 387 g/mol. The number of amides is 1. The van der Waals surface area contributed by atoms with Crippen LogP contribution in [-0.4, -0.2) is 41.7 Å². The molecule has 1 amide bonds. The fourth-order valence-electron chi connectivity index (χ4n) is 2.95. The summed E-state index contributed by atoms with van der Waals surface area (Å²) in [7, 11) is -3.15. The molecule has 3 rings (SSSR count). The van der Waals surface area contributed by atoms with Gasteiger partial charge in [0.2, 0.25) is 0 Å². The zero-order valence-electron chi connectivity index (χ0n) is 13.7. The maximum absolute atomic E-state index is 13.2. The van der Waals surface area contributed by atoms with E-state index in [0.717, 1.165) is 10.7 Å². The quantitative estimate of drug-likeness (QED) is 0.875.